The Morgan fingerprint density at radius 1 is 1.39 bits per heavy atom. The van der Waals surface area contributed by atoms with Crippen LogP contribution in [0.15, 0.2) is 42.7 Å². The molecule has 0 saturated carbocycles. The molecule has 1 aromatic carbocycles. The molecule has 2 N–H and O–H groups in total. The largest absolute Gasteiger partial charge is 0.399 e. The lowest BCUT2D eigenvalue weighted by atomic mass is 10.2. The lowest BCUT2D eigenvalue weighted by molar-refractivity contribution is 0.0993. The molecule has 4 nitrogen and oxygen atoms in total. The summed E-state index contributed by atoms with van der Waals surface area (Å²) < 4.78 is 0. The number of hydrogen-bond acceptors (Lipinski definition) is 3. The van der Waals surface area contributed by atoms with Crippen LogP contribution in [0.5, 0.6) is 0 Å². The second-order valence-electron chi connectivity index (χ2n) is 3.81. The van der Waals surface area contributed by atoms with E-state index in [0.29, 0.717) is 22.0 Å². The number of carbonyl (C=O) groups excluding carboxylic acids is 1. The molecule has 0 radical (unpaired) electrons. The Morgan fingerprint density at radius 2 is 2.17 bits per heavy atom. The smallest absolute Gasteiger partial charge is 0.259 e. The molecule has 0 atom stereocenters. The van der Waals surface area contributed by atoms with E-state index in [0.717, 1.165) is 0 Å². The van der Waals surface area contributed by atoms with Gasteiger partial charge in [0, 0.05) is 30.8 Å². The first-order valence-corrected chi connectivity index (χ1v) is 5.70. The number of amides is 1. The number of anilines is 2. The Hall–Kier alpha value is -2.07. The van der Waals surface area contributed by atoms with E-state index >= 15 is 0 Å². The first-order chi connectivity index (χ1) is 8.59. The summed E-state index contributed by atoms with van der Waals surface area (Å²) in [5.41, 5.74) is 7.42. The van der Waals surface area contributed by atoms with Gasteiger partial charge in [-0.2, -0.15) is 0 Å². The maximum Gasteiger partial charge on any atom is 0.259 e. The van der Waals surface area contributed by atoms with Gasteiger partial charge in [0.15, 0.2) is 0 Å². The van der Waals surface area contributed by atoms with Crippen molar-refractivity contribution in [3.63, 3.8) is 0 Å². The van der Waals surface area contributed by atoms with Crippen LogP contribution in [-0.2, 0) is 0 Å². The van der Waals surface area contributed by atoms with Gasteiger partial charge in [-0.25, -0.2) is 0 Å². The van der Waals surface area contributed by atoms with Gasteiger partial charge in [0.2, 0.25) is 0 Å². The van der Waals surface area contributed by atoms with Crippen molar-refractivity contribution in [1.29, 1.82) is 0 Å². The average Bonchev–Trinajstić information content (AvgIpc) is 2.37. The van der Waals surface area contributed by atoms with Crippen LogP contribution < -0.4 is 10.6 Å². The molecule has 0 aliphatic heterocycles. The molecular weight excluding hydrogens is 250 g/mol. The minimum atomic E-state index is -0.201. The topological polar surface area (TPSA) is 59.2 Å². The summed E-state index contributed by atoms with van der Waals surface area (Å²) in [5, 5.41) is 0.332. The minimum Gasteiger partial charge on any atom is -0.399 e. The summed E-state index contributed by atoms with van der Waals surface area (Å²) in [4.78, 5) is 17.6. The molecule has 0 spiro atoms. The third-order valence-corrected chi connectivity index (χ3v) is 2.87. The predicted octanol–water partition coefficient (Wildman–Crippen LogP) is 2.59. The van der Waals surface area contributed by atoms with E-state index in [1.54, 1.807) is 31.3 Å². The quantitative estimate of drug-likeness (QED) is 0.846. The van der Waals surface area contributed by atoms with Crippen LogP contribution in [0.25, 0.3) is 0 Å². The van der Waals surface area contributed by atoms with Gasteiger partial charge < -0.3 is 10.6 Å². The molecule has 1 aromatic heterocycles. The number of benzene rings is 1. The summed E-state index contributed by atoms with van der Waals surface area (Å²) in [7, 11) is 1.67. The fraction of sp³-hybridized carbons (Fsp3) is 0.0769. The number of nitrogen functional groups attached to an aromatic ring is 1. The van der Waals surface area contributed by atoms with E-state index in [1.165, 1.54) is 17.3 Å². The van der Waals surface area contributed by atoms with Gasteiger partial charge in [-0.1, -0.05) is 17.7 Å². The van der Waals surface area contributed by atoms with E-state index in [2.05, 4.69) is 4.98 Å². The Labute approximate surface area is 110 Å². The van der Waals surface area contributed by atoms with Gasteiger partial charge in [-0.15, -0.1) is 0 Å². The highest BCUT2D eigenvalue weighted by Gasteiger charge is 2.16. The van der Waals surface area contributed by atoms with Crippen LogP contribution in [0.3, 0.4) is 0 Å². The third kappa shape index (κ3) is 2.43. The second kappa shape index (κ2) is 5.06. The minimum absolute atomic E-state index is 0.201. The van der Waals surface area contributed by atoms with Crippen molar-refractivity contribution in [2.45, 2.75) is 0 Å². The van der Waals surface area contributed by atoms with Crippen LogP contribution in [0.4, 0.5) is 11.4 Å². The lowest BCUT2D eigenvalue weighted by Crippen LogP contribution is -2.26. The van der Waals surface area contributed by atoms with Crippen LogP contribution in [0.2, 0.25) is 5.02 Å². The van der Waals surface area contributed by atoms with Crippen molar-refractivity contribution in [2.75, 3.05) is 17.7 Å². The normalized spacial score (nSPS) is 10.1. The second-order valence-corrected chi connectivity index (χ2v) is 4.22. The number of rotatable bonds is 2. The third-order valence-electron chi connectivity index (χ3n) is 2.57. The number of nitrogens with zero attached hydrogens (tertiary/aromatic N) is 2. The molecule has 0 saturated heterocycles. The van der Waals surface area contributed by atoms with Crippen molar-refractivity contribution >= 4 is 28.9 Å². The van der Waals surface area contributed by atoms with Gasteiger partial charge in [0.05, 0.1) is 10.6 Å². The van der Waals surface area contributed by atoms with Crippen LogP contribution in [0.1, 0.15) is 10.4 Å². The molecule has 0 unspecified atom stereocenters. The molecule has 2 rings (SSSR count). The Balaban J connectivity index is 2.32. The molecule has 1 heterocycles. The fourth-order valence-corrected chi connectivity index (χ4v) is 1.78. The van der Waals surface area contributed by atoms with Crippen LogP contribution in [-0.4, -0.2) is 17.9 Å². The number of nitrogens with two attached hydrogens (primary N) is 1. The van der Waals surface area contributed by atoms with Gasteiger partial charge in [-0.3, -0.25) is 9.78 Å². The summed E-state index contributed by atoms with van der Waals surface area (Å²) >= 11 is 5.95. The number of pyridine rings is 1. The van der Waals surface area contributed by atoms with Crippen molar-refractivity contribution in [1.82, 2.24) is 4.98 Å². The van der Waals surface area contributed by atoms with Crippen LogP contribution >= 0.6 is 11.6 Å². The van der Waals surface area contributed by atoms with Gasteiger partial charge in [0.25, 0.3) is 5.91 Å². The molecule has 0 bridgehead atoms. The summed E-state index contributed by atoms with van der Waals surface area (Å²) in [6.07, 6.45) is 2.98. The number of halogens is 1. The standard InChI is InChI=1S/C13H12ClN3O/c1-17(10-4-2-3-9(15)7-10)13(18)11-5-6-16-8-12(11)14/h2-8H,15H2,1H3. The van der Waals surface area contributed by atoms with Gasteiger partial charge in [-0.05, 0) is 24.3 Å². The molecule has 2 aromatic rings. The summed E-state index contributed by atoms with van der Waals surface area (Å²) in [6.45, 7) is 0. The zero-order valence-electron chi connectivity index (χ0n) is 9.80. The maximum absolute atomic E-state index is 12.3. The average molecular weight is 262 g/mol. The molecule has 0 fully saturated rings. The fourth-order valence-electron chi connectivity index (χ4n) is 1.58. The number of carbonyl (C=O) groups is 1. The molecule has 0 aliphatic rings. The van der Waals surface area contributed by atoms with Crippen molar-refractivity contribution in [3.05, 3.63) is 53.3 Å². The molecule has 5 heteroatoms. The maximum atomic E-state index is 12.3. The summed E-state index contributed by atoms with van der Waals surface area (Å²) in [5.74, 6) is -0.201. The van der Waals surface area contributed by atoms with Crippen LogP contribution in [0, 0.1) is 0 Å². The zero-order valence-corrected chi connectivity index (χ0v) is 10.6. The molecular formula is C13H12ClN3O. The highest BCUT2D eigenvalue weighted by atomic mass is 35.5. The molecule has 18 heavy (non-hydrogen) atoms. The van der Waals surface area contributed by atoms with Crippen molar-refractivity contribution in [2.24, 2.45) is 0 Å². The number of hydrogen-bond donors (Lipinski definition) is 1. The number of aromatic nitrogens is 1. The van der Waals surface area contributed by atoms with Gasteiger partial charge >= 0.3 is 0 Å². The van der Waals surface area contributed by atoms with Crippen molar-refractivity contribution < 1.29 is 4.79 Å². The highest BCUT2D eigenvalue weighted by molar-refractivity contribution is 6.34. The molecule has 1 amide bonds. The van der Waals surface area contributed by atoms with Crippen molar-refractivity contribution in [3.8, 4) is 0 Å². The predicted molar refractivity (Wildman–Crippen MR) is 72.8 cm³/mol. The SMILES string of the molecule is CN(C(=O)c1ccncc1Cl)c1cccc(N)c1. The molecule has 92 valence electrons. The zero-order chi connectivity index (χ0) is 13.1. The van der Waals surface area contributed by atoms with E-state index in [-0.39, 0.29) is 5.91 Å². The Bertz CT molecular complexity index is 586. The lowest BCUT2D eigenvalue weighted by Gasteiger charge is -2.18. The highest BCUT2D eigenvalue weighted by Crippen LogP contribution is 2.21. The van der Waals surface area contributed by atoms with E-state index in [1.807, 2.05) is 6.07 Å². The Morgan fingerprint density at radius 3 is 2.83 bits per heavy atom. The first kappa shape index (κ1) is 12.4. The first-order valence-electron chi connectivity index (χ1n) is 5.32. The van der Waals surface area contributed by atoms with Gasteiger partial charge in [0.1, 0.15) is 0 Å². The van der Waals surface area contributed by atoms with E-state index in [9.17, 15) is 4.79 Å². The van der Waals surface area contributed by atoms with E-state index in [4.69, 9.17) is 17.3 Å². The summed E-state index contributed by atoms with van der Waals surface area (Å²) in [6, 6.07) is 8.69. The monoisotopic (exact) mass is 261 g/mol. The molecule has 0 aliphatic carbocycles. The van der Waals surface area contributed by atoms with E-state index < -0.39 is 0 Å². The Kier molecular flexibility index (Phi) is 3.48.